The Balaban J connectivity index is 0.00000400. The number of rotatable bonds is 6. The van der Waals surface area contributed by atoms with Gasteiger partial charge in [0.1, 0.15) is 0 Å². The van der Waals surface area contributed by atoms with Crippen LogP contribution >= 0.6 is 24.0 Å². The Bertz CT molecular complexity index is 339. The van der Waals surface area contributed by atoms with Crippen molar-refractivity contribution < 1.29 is 14.3 Å². The number of likely N-dealkylation sites (tertiary alicyclic amines) is 1. The SMILES string of the molecule is CCNC(=NCCCOC)N1CC(C)C(C(=O)OC)C1.I. The molecule has 1 aliphatic rings. The largest absolute Gasteiger partial charge is 0.469 e. The molecule has 0 spiro atoms. The van der Waals surface area contributed by atoms with Crippen LogP contribution in [0.4, 0.5) is 0 Å². The van der Waals surface area contributed by atoms with E-state index in [9.17, 15) is 4.79 Å². The summed E-state index contributed by atoms with van der Waals surface area (Å²) < 4.78 is 9.89. The summed E-state index contributed by atoms with van der Waals surface area (Å²) in [5.41, 5.74) is 0. The van der Waals surface area contributed by atoms with Crippen LogP contribution in [0.15, 0.2) is 4.99 Å². The number of guanidine groups is 1. The summed E-state index contributed by atoms with van der Waals surface area (Å²) in [7, 11) is 3.14. The lowest BCUT2D eigenvalue weighted by atomic mass is 9.99. The van der Waals surface area contributed by atoms with E-state index in [0.29, 0.717) is 13.2 Å². The van der Waals surface area contributed by atoms with Gasteiger partial charge in [0.05, 0.1) is 13.0 Å². The number of hydrogen-bond donors (Lipinski definition) is 1. The minimum absolute atomic E-state index is 0. The smallest absolute Gasteiger partial charge is 0.310 e. The zero-order valence-corrected chi connectivity index (χ0v) is 15.8. The summed E-state index contributed by atoms with van der Waals surface area (Å²) in [6, 6.07) is 0. The van der Waals surface area contributed by atoms with Gasteiger partial charge in [-0.2, -0.15) is 0 Å². The van der Waals surface area contributed by atoms with E-state index in [0.717, 1.165) is 32.0 Å². The number of nitrogens with zero attached hydrogens (tertiary/aromatic N) is 2. The van der Waals surface area contributed by atoms with Crippen LogP contribution in [0, 0.1) is 11.8 Å². The molecule has 1 fully saturated rings. The van der Waals surface area contributed by atoms with Gasteiger partial charge in [-0.05, 0) is 19.3 Å². The first-order valence-electron chi connectivity index (χ1n) is 7.24. The zero-order valence-electron chi connectivity index (χ0n) is 13.4. The first-order chi connectivity index (χ1) is 9.63. The van der Waals surface area contributed by atoms with Crippen molar-refractivity contribution in [1.29, 1.82) is 0 Å². The van der Waals surface area contributed by atoms with Crippen LogP contribution in [0.2, 0.25) is 0 Å². The van der Waals surface area contributed by atoms with Crippen molar-refractivity contribution in [2.24, 2.45) is 16.8 Å². The van der Waals surface area contributed by atoms with Crippen LogP contribution < -0.4 is 5.32 Å². The predicted molar refractivity (Wildman–Crippen MR) is 94.1 cm³/mol. The van der Waals surface area contributed by atoms with Gasteiger partial charge in [-0.25, -0.2) is 0 Å². The molecule has 2 atom stereocenters. The summed E-state index contributed by atoms with van der Waals surface area (Å²) in [5, 5.41) is 3.28. The highest BCUT2D eigenvalue weighted by Crippen LogP contribution is 2.24. The number of methoxy groups -OCH3 is 2. The second kappa shape index (κ2) is 11.1. The Morgan fingerprint density at radius 3 is 2.67 bits per heavy atom. The lowest BCUT2D eigenvalue weighted by molar-refractivity contribution is -0.145. The fraction of sp³-hybridized carbons (Fsp3) is 0.857. The molecule has 1 saturated heterocycles. The number of carbonyl (C=O) groups is 1. The monoisotopic (exact) mass is 413 g/mol. The standard InChI is InChI=1S/C14H27N3O3.HI/c1-5-15-14(16-7-6-8-19-3)17-9-11(2)12(10-17)13(18)20-4;/h11-12H,5-10H2,1-4H3,(H,15,16);1H. The van der Waals surface area contributed by atoms with Gasteiger partial charge in [0, 0.05) is 39.9 Å². The van der Waals surface area contributed by atoms with E-state index in [1.807, 2.05) is 6.92 Å². The van der Waals surface area contributed by atoms with Gasteiger partial charge in [0.15, 0.2) is 5.96 Å². The van der Waals surface area contributed by atoms with Crippen LogP contribution in [0.5, 0.6) is 0 Å². The molecule has 0 radical (unpaired) electrons. The summed E-state index contributed by atoms with van der Waals surface area (Å²) >= 11 is 0. The first-order valence-corrected chi connectivity index (χ1v) is 7.24. The van der Waals surface area contributed by atoms with Crippen molar-refractivity contribution in [2.45, 2.75) is 20.3 Å². The van der Waals surface area contributed by atoms with Gasteiger partial charge < -0.3 is 19.7 Å². The number of hydrogen-bond acceptors (Lipinski definition) is 4. The normalized spacial score (nSPS) is 21.9. The van der Waals surface area contributed by atoms with Crippen molar-refractivity contribution in [3.63, 3.8) is 0 Å². The highest BCUT2D eigenvalue weighted by molar-refractivity contribution is 14.0. The van der Waals surface area contributed by atoms with Crippen molar-refractivity contribution >= 4 is 35.9 Å². The first kappa shape index (κ1) is 20.4. The third kappa shape index (κ3) is 6.37. The van der Waals surface area contributed by atoms with Crippen molar-refractivity contribution in [3.8, 4) is 0 Å². The van der Waals surface area contributed by atoms with E-state index in [1.54, 1.807) is 7.11 Å². The Morgan fingerprint density at radius 1 is 1.38 bits per heavy atom. The topological polar surface area (TPSA) is 63.2 Å². The van der Waals surface area contributed by atoms with Crippen LogP contribution in [0.25, 0.3) is 0 Å². The van der Waals surface area contributed by atoms with E-state index >= 15 is 0 Å². The molecule has 1 N–H and O–H groups in total. The molecule has 7 heteroatoms. The van der Waals surface area contributed by atoms with Crippen LogP contribution in [-0.4, -0.2) is 63.8 Å². The number of halogens is 1. The van der Waals surface area contributed by atoms with E-state index < -0.39 is 0 Å². The minimum atomic E-state index is -0.129. The molecular formula is C14H28IN3O3. The molecule has 1 heterocycles. The fourth-order valence-corrected chi connectivity index (χ4v) is 2.42. The molecule has 0 aliphatic carbocycles. The number of ether oxygens (including phenoxy) is 2. The molecular weight excluding hydrogens is 385 g/mol. The third-order valence-corrected chi connectivity index (χ3v) is 3.52. The van der Waals surface area contributed by atoms with E-state index in [2.05, 4.69) is 22.1 Å². The van der Waals surface area contributed by atoms with Crippen LogP contribution in [0.3, 0.4) is 0 Å². The lowest BCUT2D eigenvalue weighted by Gasteiger charge is -2.21. The van der Waals surface area contributed by atoms with Crippen LogP contribution in [0.1, 0.15) is 20.3 Å². The van der Waals surface area contributed by atoms with Crippen molar-refractivity contribution in [1.82, 2.24) is 10.2 Å². The highest BCUT2D eigenvalue weighted by atomic mass is 127. The number of carbonyl (C=O) groups excluding carboxylic acids is 1. The van der Waals surface area contributed by atoms with Gasteiger partial charge in [-0.3, -0.25) is 9.79 Å². The Labute approximate surface area is 144 Å². The van der Waals surface area contributed by atoms with Crippen molar-refractivity contribution in [2.75, 3.05) is 47.0 Å². The molecule has 1 aliphatic heterocycles. The molecule has 0 amide bonds. The van der Waals surface area contributed by atoms with Gasteiger partial charge in [0.2, 0.25) is 0 Å². The zero-order chi connectivity index (χ0) is 15.0. The van der Waals surface area contributed by atoms with Crippen molar-refractivity contribution in [3.05, 3.63) is 0 Å². The lowest BCUT2D eigenvalue weighted by Crippen LogP contribution is -2.40. The van der Waals surface area contributed by atoms with E-state index in [4.69, 9.17) is 9.47 Å². The molecule has 21 heavy (non-hydrogen) atoms. The quantitative estimate of drug-likeness (QED) is 0.234. The molecule has 2 unspecified atom stereocenters. The summed E-state index contributed by atoms with van der Waals surface area (Å²) in [6.45, 7) is 7.88. The number of esters is 1. The molecule has 0 saturated carbocycles. The van der Waals surface area contributed by atoms with Gasteiger partial charge in [-0.1, -0.05) is 6.92 Å². The third-order valence-electron chi connectivity index (χ3n) is 3.52. The Kier molecular flexibility index (Phi) is 10.8. The summed E-state index contributed by atoms with van der Waals surface area (Å²) in [5.74, 6) is 0.963. The van der Waals surface area contributed by atoms with Gasteiger partial charge in [0.25, 0.3) is 0 Å². The molecule has 0 bridgehead atoms. The number of aliphatic imine (C=N–C) groups is 1. The predicted octanol–water partition coefficient (Wildman–Crippen LogP) is 1.35. The average Bonchev–Trinajstić information content (AvgIpc) is 2.83. The molecule has 0 aromatic carbocycles. The second-order valence-electron chi connectivity index (χ2n) is 5.09. The summed E-state index contributed by atoms with van der Waals surface area (Å²) in [4.78, 5) is 18.5. The van der Waals surface area contributed by atoms with Crippen LogP contribution in [-0.2, 0) is 14.3 Å². The summed E-state index contributed by atoms with van der Waals surface area (Å²) in [6.07, 6.45) is 0.898. The van der Waals surface area contributed by atoms with Gasteiger partial charge >= 0.3 is 5.97 Å². The van der Waals surface area contributed by atoms with E-state index in [-0.39, 0.29) is 41.8 Å². The van der Waals surface area contributed by atoms with Gasteiger partial charge in [-0.15, -0.1) is 24.0 Å². The van der Waals surface area contributed by atoms with E-state index in [1.165, 1.54) is 7.11 Å². The maximum Gasteiger partial charge on any atom is 0.310 e. The minimum Gasteiger partial charge on any atom is -0.469 e. The highest BCUT2D eigenvalue weighted by Gasteiger charge is 2.36. The molecule has 0 aromatic rings. The maximum absolute atomic E-state index is 11.7. The molecule has 1 rings (SSSR count). The molecule has 0 aromatic heterocycles. The second-order valence-corrected chi connectivity index (χ2v) is 5.09. The fourth-order valence-electron chi connectivity index (χ4n) is 2.42. The average molecular weight is 413 g/mol. The molecule has 124 valence electrons. The Hall–Kier alpha value is -0.570. The Morgan fingerprint density at radius 2 is 2.10 bits per heavy atom. The number of nitrogens with one attached hydrogen (secondary N) is 1. The molecule has 6 nitrogen and oxygen atoms in total. The maximum atomic E-state index is 11.7.